The molecular formula is C14H17BrINO. The molecule has 1 aliphatic rings. The fourth-order valence-corrected chi connectivity index (χ4v) is 3.57. The van der Waals surface area contributed by atoms with E-state index in [1.54, 1.807) is 0 Å². The van der Waals surface area contributed by atoms with Gasteiger partial charge >= 0.3 is 0 Å². The molecule has 98 valence electrons. The quantitative estimate of drug-likeness (QED) is 0.623. The lowest BCUT2D eigenvalue weighted by Gasteiger charge is -2.35. The zero-order valence-electron chi connectivity index (χ0n) is 10.6. The minimum atomic E-state index is 0.152. The molecule has 1 amide bonds. The fourth-order valence-electron chi connectivity index (χ4n) is 2.66. The summed E-state index contributed by atoms with van der Waals surface area (Å²) >= 11 is 5.72. The number of halogens is 2. The number of amides is 1. The molecule has 18 heavy (non-hydrogen) atoms. The van der Waals surface area contributed by atoms with E-state index in [0.717, 1.165) is 26.7 Å². The lowest BCUT2D eigenvalue weighted by Crippen LogP contribution is -2.42. The SMILES string of the molecule is CC1CC(C)CN(C(=O)c2cc(I)ccc2Br)C1. The molecule has 0 bridgehead atoms. The fraction of sp³-hybridized carbons (Fsp3) is 0.500. The van der Waals surface area contributed by atoms with Gasteiger partial charge in [-0.2, -0.15) is 0 Å². The third-order valence-corrected chi connectivity index (χ3v) is 4.68. The van der Waals surface area contributed by atoms with E-state index in [1.807, 2.05) is 23.1 Å². The highest BCUT2D eigenvalue weighted by Crippen LogP contribution is 2.26. The molecular weight excluding hydrogens is 405 g/mol. The molecule has 2 nitrogen and oxygen atoms in total. The molecule has 2 unspecified atom stereocenters. The van der Waals surface area contributed by atoms with E-state index in [9.17, 15) is 4.79 Å². The molecule has 1 aromatic carbocycles. The zero-order chi connectivity index (χ0) is 13.3. The van der Waals surface area contributed by atoms with Crippen LogP contribution in [0.2, 0.25) is 0 Å². The summed E-state index contributed by atoms with van der Waals surface area (Å²) < 4.78 is 1.98. The highest BCUT2D eigenvalue weighted by atomic mass is 127. The first-order valence-electron chi connectivity index (χ1n) is 6.21. The average molecular weight is 422 g/mol. The molecule has 0 aromatic heterocycles. The number of rotatable bonds is 1. The van der Waals surface area contributed by atoms with Crippen LogP contribution in [0.1, 0.15) is 30.6 Å². The van der Waals surface area contributed by atoms with Crippen LogP contribution in [0.3, 0.4) is 0 Å². The number of hydrogen-bond donors (Lipinski definition) is 0. The van der Waals surface area contributed by atoms with Gasteiger partial charge in [0.05, 0.1) is 5.56 Å². The van der Waals surface area contributed by atoms with Gasteiger partial charge < -0.3 is 4.90 Å². The van der Waals surface area contributed by atoms with Crippen molar-refractivity contribution in [3.8, 4) is 0 Å². The standard InChI is InChI=1S/C14H17BrINO/c1-9-5-10(2)8-17(7-9)14(18)12-6-11(16)3-4-13(12)15/h3-4,6,9-10H,5,7-8H2,1-2H3. The number of benzene rings is 1. The molecule has 0 N–H and O–H groups in total. The van der Waals surface area contributed by atoms with Crippen molar-refractivity contribution in [2.75, 3.05) is 13.1 Å². The van der Waals surface area contributed by atoms with Gasteiger partial charge in [0.2, 0.25) is 0 Å². The Morgan fingerprint density at radius 1 is 1.33 bits per heavy atom. The Kier molecular flexibility index (Phi) is 4.69. The first kappa shape index (κ1) is 14.3. The van der Waals surface area contributed by atoms with Crippen LogP contribution in [0.5, 0.6) is 0 Å². The van der Waals surface area contributed by atoms with Gasteiger partial charge in [-0.15, -0.1) is 0 Å². The van der Waals surface area contributed by atoms with Crippen LogP contribution < -0.4 is 0 Å². The van der Waals surface area contributed by atoms with E-state index >= 15 is 0 Å². The topological polar surface area (TPSA) is 20.3 Å². The molecule has 0 saturated carbocycles. The van der Waals surface area contributed by atoms with E-state index in [0.29, 0.717) is 11.8 Å². The molecule has 0 radical (unpaired) electrons. The van der Waals surface area contributed by atoms with Gasteiger partial charge in [-0.3, -0.25) is 4.79 Å². The van der Waals surface area contributed by atoms with Crippen LogP contribution in [-0.2, 0) is 0 Å². The van der Waals surface area contributed by atoms with Crippen molar-refractivity contribution in [3.05, 3.63) is 31.8 Å². The second-order valence-corrected chi connectivity index (χ2v) is 7.38. The van der Waals surface area contributed by atoms with Crippen LogP contribution in [0.25, 0.3) is 0 Å². The first-order valence-corrected chi connectivity index (χ1v) is 8.09. The minimum absolute atomic E-state index is 0.152. The maximum absolute atomic E-state index is 12.6. The van der Waals surface area contributed by atoms with Gasteiger partial charge in [-0.25, -0.2) is 0 Å². The summed E-state index contributed by atoms with van der Waals surface area (Å²) in [5.74, 6) is 1.34. The summed E-state index contributed by atoms with van der Waals surface area (Å²) in [5, 5.41) is 0. The van der Waals surface area contributed by atoms with Crippen molar-refractivity contribution in [3.63, 3.8) is 0 Å². The van der Waals surface area contributed by atoms with E-state index < -0.39 is 0 Å². The Labute approximate surface area is 130 Å². The number of likely N-dealkylation sites (tertiary alicyclic amines) is 1. The highest BCUT2D eigenvalue weighted by Gasteiger charge is 2.27. The lowest BCUT2D eigenvalue weighted by molar-refractivity contribution is 0.0622. The predicted octanol–water partition coefficient (Wildman–Crippen LogP) is 4.17. The lowest BCUT2D eigenvalue weighted by atomic mass is 9.91. The number of hydrogen-bond acceptors (Lipinski definition) is 1. The van der Waals surface area contributed by atoms with Crippen LogP contribution in [-0.4, -0.2) is 23.9 Å². The summed E-state index contributed by atoms with van der Waals surface area (Å²) in [4.78, 5) is 14.6. The van der Waals surface area contributed by atoms with Crippen molar-refractivity contribution in [2.24, 2.45) is 11.8 Å². The third-order valence-electron chi connectivity index (χ3n) is 3.31. The zero-order valence-corrected chi connectivity index (χ0v) is 14.4. The van der Waals surface area contributed by atoms with E-state index in [4.69, 9.17) is 0 Å². The summed E-state index contributed by atoms with van der Waals surface area (Å²) in [6.07, 6.45) is 1.22. The first-order chi connectivity index (χ1) is 8.47. The minimum Gasteiger partial charge on any atom is -0.338 e. The van der Waals surface area contributed by atoms with E-state index in [2.05, 4.69) is 52.4 Å². The van der Waals surface area contributed by atoms with Crippen molar-refractivity contribution in [1.82, 2.24) is 4.90 Å². The number of nitrogens with zero attached hydrogens (tertiary/aromatic N) is 1. The van der Waals surface area contributed by atoms with Crippen molar-refractivity contribution < 1.29 is 4.79 Å². The van der Waals surface area contributed by atoms with Crippen molar-refractivity contribution in [2.45, 2.75) is 20.3 Å². The van der Waals surface area contributed by atoms with Crippen molar-refractivity contribution >= 4 is 44.4 Å². The van der Waals surface area contributed by atoms with Gasteiger partial charge in [-0.05, 0) is 75.0 Å². The molecule has 1 saturated heterocycles. The molecule has 2 rings (SSSR count). The second kappa shape index (κ2) is 5.90. The summed E-state index contributed by atoms with van der Waals surface area (Å²) in [7, 11) is 0. The summed E-state index contributed by atoms with van der Waals surface area (Å²) in [6.45, 7) is 6.20. The van der Waals surface area contributed by atoms with E-state index in [-0.39, 0.29) is 5.91 Å². The number of piperidine rings is 1. The van der Waals surface area contributed by atoms with Gasteiger partial charge in [0.15, 0.2) is 0 Å². The highest BCUT2D eigenvalue weighted by molar-refractivity contribution is 14.1. The Morgan fingerprint density at radius 2 is 1.94 bits per heavy atom. The van der Waals surface area contributed by atoms with Crippen LogP contribution >= 0.6 is 38.5 Å². The second-order valence-electron chi connectivity index (χ2n) is 5.28. The molecule has 0 aliphatic carbocycles. The Hall–Kier alpha value is -0.100. The average Bonchev–Trinajstić information content (AvgIpc) is 2.30. The Morgan fingerprint density at radius 3 is 2.56 bits per heavy atom. The summed E-state index contributed by atoms with van der Waals surface area (Å²) in [5.41, 5.74) is 0.781. The third kappa shape index (κ3) is 3.26. The van der Waals surface area contributed by atoms with Gasteiger partial charge in [0, 0.05) is 21.1 Å². The summed E-state index contributed by atoms with van der Waals surface area (Å²) in [6, 6.07) is 5.91. The molecule has 1 heterocycles. The van der Waals surface area contributed by atoms with Crippen LogP contribution in [0.4, 0.5) is 0 Å². The van der Waals surface area contributed by atoms with Gasteiger partial charge in [-0.1, -0.05) is 13.8 Å². The maximum Gasteiger partial charge on any atom is 0.255 e. The smallest absolute Gasteiger partial charge is 0.255 e. The number of carbonyl (C=O) groups is 1. The van der Waals surface area contributed by atoms with Crippen LogP contribution in [0, 0.1) is 15.4 Å². The molecule has 0 spiro atoms. The monoisotopic (exact) mass is 421 g/mol. The molecule has 1 aromatic rings. The Balaban J connectivity index is 2.22. The molecule has 1 aliphatic heterocycles. The number of carbonyl (C=O) groups excluding carboxylic acids is 1. The van der Waals surface area contributed by atoms with Gasteiger partial charge in [0.25, 0.3) is 5.91 Å². The Bertz CT molecular complexity index is 453. The van der Waals surface area contributed by atoms with Crippen LogP contribution in [0.15, 0.2) is 22.7 Å². The largest absolute Gasteiger partial charge is 0.338 e. The van der Waals surface area contributed by atoms with E-state index in [1.165, 1.54) is 6.42 Å². The predicted molar refractivity (Wildman–Crippen MR) is 85.7 cm³/mol. The molecule has 4 heteroatoms. The molecule has 2 atom stereocenters. The molecule has 1 fully saturated rings. The van der Waals surface area contributed by atoms with Crippen molar-refractivity contribution in [1.29, 1.82) is 0 Å². The normalized spacial score (nSPS) is 24.1. The maximum atomic E-state index is 12.6. The van der Waals surface area contributed by atoms with Gasteiger partial charge in [0.1, 0.15) is 0 Å².